The summed E-state index contributed by atoms with van der Waals surface area (Å²) in [6.07, 6.45) is 29.4. The fourth-order valence-corrected chi connectivity index (χ4v) is 23.1. The number of sulfonamides is 1. The minimum atomic E-state index is -3.66. The van der Waals surface area contributed by atoms with Crippen molar-refractivity contribution in [1.82, 2.24) is 83.6 Å². The number of piperazine rings is 2. The number of ether oxygens (including phenoxy) is 3. The van der Waals surface area contributed by atoms with E-state index in [0.717, 1.165) is 196 Å². The van der Waals surface area contributed by atoms with Crippen molar-refractivity contribution >= 4 is 156 Å². The number of amides is 2. The fourth-order valence-electron chi connectivity index (χ4n) is 18.5. The second-order valence-corrected chi connectivity index (χ2v) is 48.6. The fraction of sp³-hybridized carbons (Fsp3) is 0.564. The van der Waals surface area contributed by atoms with Crippen LogP contribution in [-0.4, -0.2) is 235 Å². The lowest BCUT2D eigenvalue weighted by molar-refractivity contribution is -0.131. The van der Waals surface area contributed by atoms with E-state index >= 15 is 0 Å². The van der Waals surface area contributed by atoms with Crippen LogP contribution in [0.5, 0.6) is 17.2 Å². The molecule has 742 valence electrons. The van der Waals surface area contributed by atoms with Crippen molar-refractivity contribution in [2.45, 2.75) is 277 Å². The van der Waals surface area contributed by atoms with Gasteiger partial charge < -0.3 is 55.9 Å². The molecule has 8 aliphatic rings. The topological polar surface area (TPSA) is 426 Å². The molecular weight excluding hydrogens is 1890 g/mol. The van der Waals surface area contributed by atoms with Crippen LogP contribution in [0.3, 0.4) is 0 Å². The number of rotatable bonds is 31. The van der Waals surface area contributed by atoms with Crippen molar-refractivity contribution < 1.29 is 57.5 Å². The molecule has 0 atom stereocenters. The molecule has 8 fully saturated rings. The van der Waals surface area contributed by atoms with E-state index in [1.165, 1.54) is 66.7 Å². The Morgan fingerprint density at radius 3 is 0.898 bits per heavy atom. The number of carbonyl (C=O) groups excluding carboxylic acids is 2. The quantitative estimate of drug-likeness (QED) is 0.0212. The lowest BCUT2D eigenvalue weighted by Crippen LogP contribution is -2.52. The van der Waals surface area contributed by atoms with Gasteiger partial charge in [-0.15, -0.1) is 0 Å². The first-order valence-electron chi connectivity index (χ1n) is 47.4. The summed E-state index contributed by atoms with van der Waals surface area (Å²) in [5.74, 6) is 5.40. The summed E-state index contributed by atoms with van der Waals surface area (Å²) in [4.78, 5) is 59.5. The standard InChI is InChI=1S/2C33H45ClN8O4S.C28H38ClN7O5S2/c2*1-20(2)47(44,45)32-29(19-40(5)39-32)36-31-27(34)18-35-33(38-31)37-28-16-21(3)26(17-30(28)46-25-10-11-25)23-6-8-24(9-7-23)42-14-12-41(13-15-42)22(4)43;1-16(2)43(39,40)27-24(15-36(4)34-27)31-26-22(29)14-30-28(33-26)32-23-12-17(3)21(13-25(23)41-20-10-11-20)18-6-8-19(9-7-18)35-42(5,37)38/h2*16-20,23-25H,6-15H2,1-5H3,(H2,35,36,37,38);12-16,18-20,35H,6-11H2,1-5H3,(H2,30,31,32,33). The van der Waals surface area contributed by atoms with Crippen molar-refractivity contribution in [2.24, 2.45) is 21.1 Å². The smallest absolute Gasteiger partial charge is 0.229 e. The summed E-state index contributed by atoms with van der Waals surface area (Å²) in [5.41, 5.74) is 10.4. The molecule has 36 nitrogen and oxygen atoms in total. The van der Waals surface area contributed by atoms with E-state index in [1.807, 2.05) is 15.9 Å². The van der Waals surface area contributed by atoms with Crippen LogP contribution >= 0.6 is 34.8 Å². The van der Waals surface area contributed by atoms with Crippen LogP contribution in [-0.2, 0) is 70.3 Å². The first kappa shape index (κ1) is 102. The molecule has 43 heteroatoms. The zero-order chi connectivity index (χ0) is 98.0. The molecule has 0 radical (unpaired) electrons. The molecule has 17 rings (SSSR count). The molecule has 0 unspecified atom stereocenters. The number of nitrogens with one attached hydrogen (secondary N) is 7. The third-order valence-electron chi connectivity index (χ3n) is 26.7. The molecule has 137 heavy (non-hydrogen) atoms. The number of carbonyl (C=O) groups is 2. The molecule has 7 N–H and O–H groups in total. The van der Waals surface area contributed by atoms with Crippen molar-refractivity contribution in [3.8, 4) is 17.2 Å². The van der Waals surface area contributed by atoms with Crippen LogP contribution in [0.4, 0.5) is 69.4 Å². The Balaban J connectivity index is 0.000000156. The number of anilines is 12. The average Bonchev–Trinajstić information content (AvgIpc) is 1.29. The lowest BCUT2D eigenvalue weighted by atomic mass is 9.79. The van der Waals surface area contributed by atoms with Gasteiger partial charge in [0.25, 0.3) is 0 Å². The Hall–Kier alpha value is -9.78. The molecule has 6 aliphatic carbocycles. The highest BCUT2D eigenvalue weighted by Crippen LogP contribution is 2.48. The molecule has 6 saturated carbocycles. The van der Waals surface area contributed by atoms with Gasteiger partial charge in [-0.1, -0.05) is 34.8 Å². The monoisotopic (exact) mass is 2020 g/mol. The first-order valence-corrected chi connectivity index (χ1v) is 55.1. The second-order valence-electron chi connectivity index (χ2n) is 38.4. The Kier molecular flexibility index (Phi) is 31.7. The van der Waals surface area contributed by atoms with Crippen LogP contribution < -0.4 is 50.8 Å². The molecular formula is C94H128Cl3N23O13S4. The first-order chi connectivity index (χ1) is 65.0. The number of aryl methyl sites for hydroxylation is 6. The van der Waals surface area contributed by atoms with Crippen LogP contribution in [0.25, 0.3) is 0 Å². The Morgan fingerprint density at radius 1 is 0.380 bits per heavy atom. The van der Waals surface area contributed by atoms with Gasteiger partial charge >= 0.3 is 0 Å². The Labute approximate surface area is 818 Å². The van der Waals surface area contributed by atoms with E-state index in [2.05, 4.69) is 143 Å². The van der Waals surface area contributed by atoms with E-state index in [4.69, 9.17) is 49.0 Å². The minimum Gasteiger partial charge on any atom is -0.488 e. The Bertz CT molecular complexity index is 6120. The van der Waals surface area contributed by atoms with E-state index in [0.29, 0.717) is 64.5 Å². The third kappa shape index (κ3) is 25.3. The summed E-state index contributed by atoms with van der Waals surface area (Å²) in [6.45, 7) is 26.4. The van der Waals surface area contributed by atoms with Gasteiger partial charge in [0, 0.05) is 124 Å². The largest absolute Gasteiger partial charge is 0.488 e. The Morgan fingerprint density at radius 2 is 0.650 bits per heavy atom. The number of halogens is 3. The maximum absolute atomic E-state index is 13.0. The van der Waals surface area contributed by atoms with Gasteiger partial charge in [0.2, 0.25) is 84.3 Å². The summed E-state index contributed by atoms with van der Waals surface area (Å²) < 4.78 is 127. The molecule has 3 aromatic carbocycles. The van der Waals surface area contributed by atoms with Gasteiger partial charge in [-0.05, 0) is 265 Å². The number of benzene rings is 3. The highest BCUT2D eigenvalue weighted by molar-refractivity contribution is 7.92. The van der Waals surface area contributed by atoms with Crippen LogP contribution in [0.2, 0.25) is 15.1 Å². The van der Waals surface area contributed by atoms with Gasteiger partial charge in [-0.25, -0.2) is 53.3 Å². The molecule has 2 aliphatic heterocycles. The number of sulfone groups is 3. The molecule has 8 heterocycles. The molecule has 6 aromatic heterocycles. The number of aromatic nitrogens is 12. The molecule has 2 saturated heterocycles. The van der Waals surface area contributed by atoms with Crippen molar-refractivity contribution in [1.29, 1.82) is 0 Å². The van der Waals surface area contributed by atoms with E-state index in [-0.39, 0.29) is 95.4 Å². The molecule has 0 bridgehead atoms. The van der Waals surface area contributed by atoms with Crippen molar-refractivity contribution in [2.75, 3.05) is 90.5 Å². The number of nitrogens with zero attached hydrogens (tertiary/aromatic N) is 16. The predicted molar refractivity (Wildman–Crippen MR) is 533 cm³/mol. The van der Waals surface area contributed by atoms with Crippen LogP contribution in [0.1, 0.15) is 222 Å². The summed E-state index contributed by atoms with van der Waals surface area (Å²) in [6, 6.07) is 13.8. The maximum atomic E-state index is 13.0. The maximum Gasteiger partial charge on any atom is 0.229 e. The van der Waals surface area contributed by atoms with Gasteiger partial charge in [-0.3, -0.25) is 33.4 Å². The van der Waals surface area contributed by atoms with Crippen LogP contribution in [0, 0.1) is 20.8 Å². The van der Waals surface area contributed by atoms with Gasteiger partial charge in [0.1, 0.15) is 32.3 Å². The van der Waals surface area contributed by atoms with Crippen LogP contribution in [0.15, 0.2) is 88.7 Å². The highest BCUT2D eigenvalue weighted by atomic mass is 35.5. The normalized spacial score (nSPS) is 20.4. The predicted octanol–water partition coefficient (Wildman–Crippen LogP) is 16.1. The lowest BCUT2D eigenvalue weighted by Gasteiger charge is -2.42. The minimum absolute atomic E-state index is 0.0345. The second kappa shape index (κ2) is 42.7. The van der Waals surface area contributed by atoms with E-state index < -0.39 is 55.3 Å². The number of hydrogen-bond donors (Lipinski definition) is 7. The summed E-state index contributed by atoms with van der Waals surface area (Å²) in [7, 11) is -9.22. The highest BCUT2D eigenvalue weighted by Gasteiger charge is 2.39. The summed E-state index contributed by atoms with van der Waals surface area (Å²) >= 11 is 19.4. The average molecular weight is 2020 g/mol. The molecule has 9 aromatic rings. The number of hydrogen-bond acceptors (Lipinski definition) is 30. The van der Waals surface area contributed by atoms with E-state index in [1.54, 1.807) is 95.1 Å². The molecule has 2 amide bonds. The van der Waals surface area contributed by atoms with Gasteiger partial charge in [0.15, 0.2) is 17.5 Å². The third-order valence-corrected chi connectivity index (χ3v) is 34.6. The van der Waals surface area contributed by atoms with Gasteiger partial charge in [0.05, 0.1) is 93.0 Å². The van der Waals surface area contributed by atoms with Crippen molar-refractivity contribution in [3.05, 3.63) is 122 Å². The van der Waals surface area contributed by atoms with Crippen molar-refractivity contribution in [3.63, 3.8) is 0 Å². The zero-order valence-electron chi connectivity index (χ0n) is 80.5. The molecule has 0 spiro atoms. The summed E-state index contributed by atoms with van der Waals surface area (Å²) in [5, 5.41) is 30.2. The van der Waals surface area contributed by atoms with E-state index in [9.17, 15) is 43.3 Å². The van der Waals surface area contributed by atoms with Gasteiger partial charge in [-0.2, -0.15) is 30.2 Å². The zero-order valence-corrected chi connectivity index (χ0v) is 86.0. The SMILES string of the molecule is CC(=O)N1CCN(C2CCC(c3cc(OC4CC4)c(Nc4ncc(Cl)c(Nc5cn(C)nc5S(=O)(=O)C(C)C)n4)cc3C)CC2)CC1.CC(=O)N1CCN(C2CCC(c3cc(OC4CC4)c(Nc4ncc(Cl)c(Nc5cn(C)nc5S(=O)(=O)C(C)C)n4)cc3C)CC2)CC1.Cc1cc(Nc2ncc(Cl)c(Nc3cn(C)nc3S(=O)(=O)C(C)C)n2)c(OC2CC2)cc1C1CCC(NS(C)(=O)=O)CC1.